The maximum absolute atomic E-state index is 12.0. The molecule has 1 heterocycles. The van der Waals surface area contributed by atoms with Crippen LogP contribution < -0.4 is 16.8 Å². The van der Waals surface area contributed by atoms with Gasteiger partial charge in [-0.05, 0) is 33.3 Å². The molecule has 0 saturated carbocycles. The van der Waals surface area contributed by atoms with Crippen molar-refractivity contribution in [3.05, 3.63) is 28.5 Å². The number of anilines is 2. The van der Waals surface area contributed by atoms with Crippen LogP contribution >= 0.6 is 11.6 Å². The molecule has 0 atom stereocenters. The number of esters is 1. The molecule has 0 aliphatic heterocycles. The Bertz CT molecular complexity index is 656. The Labute approximate surface area is 140 Å². The molecule has 1 rings (SSSR count). The van der Waals surface area contributed by atoms with E-state index in [2.05, 4.69) is 10.3 Å². The summed E-state index contributed by atoms with van der Waals surface area (Å²) in [6, 6.07) is 1.27. The van der Waals surface area contributed by atoms with Crippen molar-refractivity contribution in [1.29, 1.82) is 0 Å². The molecule has 8 heteroatoms. The number of allylic oxidation sites excluding steroid dienone is 1. The summed E-state index contributed by atoms with van der Waals surface area (Å²) in [5.41, 5.74) is 10.7. The fourth-order valence-electron chi connectivity index (χ4n) is 1.55. The van der Waals surface area contributed by atoms with Crippen LogP contribution in [0.3, 0.4) is 0 Å². The monoisotopic (exact) mass is 340 g/mol. The van der Waals surface area contributed by atoms with Crippen molar-refractivity contribution in [3.63, 3.8) is 0 Å². The predicted molar refractivity (Wildman–Crippen MR) is 89.8 cm³/mol. The number of pyridine rings is 1. The van der Waals surface area contributed by atoms with Crippen molar-refractivity contribution in [2.75, 3.05) is 11.5 Å². The molecule has 0 saturated heterocycles. The number of hydrogen-bond donors (Lipinski definition) is 3. The van der Waals surface area contributed by atoms with Crippen LogP contribution in [0.25, 0.3) is 0 Å². The zero-order valence-corrected chi connectivity index (χ0v) is 14.3. The molecule has 0 aliphatic rings. The molecular weight excluding hydrogens is 320 g/mol. The molecule has 1 amide bonds. The minimum Gasteiger partial charge on any atom is -0.427 e. The topological polar surface area (TPSA) is 120 Å². The van der Waals surface area contributed by atoms with Gasteiger partial charge in [-0.25, -0.2) is 9.78 Å². The van der Waals surface area contributed by atoms with Crippen LogP contribution in [0.5, 0.6) is 0 Å². The number of carbonyl (C=O) groups is 2. The summed E-state index contributed by atoms with van der Waals surface area (Å²) in [5.74, 6) is -1.08. The number of ether oxygens (including phenoxy) is 1. The van der Waals surface area contributed by atoms with Gasteiger partial charge in [0.25, 0.3) is 0 Å². The first-order valence-electron chi connectivity index (χ1n) is 7.00. The fraction of sp³-hybridized carbons (Fsp3) is 0.400. The number of halogens is 1. The van der Waals surface area contributed by atoms with Gasteiger partial charge in [-0.2, -0.15) is 0 Å². The number of carbonyl (C=O) groups excluding carboxylic acids is 2. The lowest BCUT2D eigenvalue weighted by Gasteiger charge is -2.23. The molecule has 7 nitrogen and oxygen atoms in total. The minimum atomic E-state index is -0.770. The van der Waals surface area contributed by atoms with Crippen molar-refractivity contribution in [1.82, 2.24) is 10.3 Å². The van der Waals surface area contributed by atoms with E-state index in [1.807, 2.05) is 20.8 Å². The average molecular weight is 341 g/mol. The summed E-state index contributed by atoms with van der Waals surface area (Å²) < 4.78 is 5.07. The Morgan fingerprint density at radius 2 is 2.00 bits per heavy atom. The van der Waals surface area contributed by atoms with Crippen molar-refractivity contribution >= 4 is 35.1 Å². The molecule has 0 aliphatic carbocycles. The van der Waals surface area contributed by atoms with E-state index in [9.17, 15) is 9.59 Å². The Morgan fingerprint density at radius 3 is 2.57 bits per heavy atom. The van der Waals surface area contributed by atoms with Gasteiger partial charge in [-0.3, -0.25) is 4.79 Å². The van der Waals surface area contributed by atoms with Gasteiger partial charge in [-0.1, -0.05) is 18.5 Å². The first-order chi connectivity index (χ1) is 10.6. The van der Waals surface area contributed by atoms with Gasteiger partial charge in [0.1, 0.15) is 23.0 Å². The van der Waals surface area contributed by atoms with E-state index in [0.717, 1.165) is 6.42 Å². The molecule has 0 bridgehead atoms. The summed E-state index contributed by atoms with van der Waals surface area (Å²) >= 11 is 5.81. The summed E-state index contributed by atoms with van der Waals surface area (Å²) in [6.07, 6.45) is 1.95. The predicted octanol–water partition coefficient (Wildman–Crippen LogP) is 2.26. The van der Waals surface area contributed by atoms with Crippen molar-refractivity contribution in [3.8, 4) is 0 Å². The van der Waals surface area contributed by atoms with E-state index in [4.69, 9.17) is 27.8 Å². The van der Waals surface area contributed by atoms with E-state index in [1.165, 1.54) is 19.1 Å². The molecular formula is C15H21ClN4O3. The van der Waals surface area contributed by atoms with Crippen LogP contribution in [0.4, 0.5) is 11.6 Å². The highest BCUT2D eigenvalue weighted by molar-refractivity contribution is 6.33. The van der Waals surface area contributed by atoms with Crippen LogP contribution in [-0.2, 0) is 9.53 Å². The van der Waals surface area contributed by atoms with Gasteiger partial charge in [0.05, 0.1) is 5.02 Å². The first-order valence-corrected chi connectivity index (χ1v) is 7.37. The number of aromatic nitrogens is 1. The van der Waals surface area contributed by atoms with Crippen molar-refractivity contribution in [2.24, 2.45) is 0 Å². The average Bonchev–Trinajstić information content (AvgIpc) is 2.41. The molecule has 126 valence electrons. The molecule has 0 aromatic carbocycles. The number of nitrogens with one attached hydrogen (secondary N) is 1. The Balaban J connectivity index is 2.83. The van der Waals surface area contributed by atoms with Crippen LogP contribution in [0.2, 0.25) is 5.02 Å². The van der Waals surface area contributed by atoms with E-state index in [0.29, 0.717) is 0 Å². The third-order valence-electron chi connectivity index (χ3n) is 3.19. The molecule has 1 aromatic heterocycles. The fourth-order valence-corrected chi connectivity index (χ4v) is 1.71. The summed E-state index contributed by atoms with van der Waals surface area (Å²) in [4.78, 5) is 27.7. The van der Waals surface area contributed by atoms with Gasteiger partial charge < -0.3 is 21.5 Å². The van der Waals surface area contributed by atoms with Gasteiger partial charge in [0, 0.05) is 11.6 Å². The summed E-state index contributed by atoms with van der Waals surface area (Å²) in [6.45, 7) is 7.22. The lowest BCUT2D eigenvalue weighted by Crippen LogP contribution is -2.42. The van der Waals surface area contributed by atoms with Crippen LogP contribution in [-0.4, -0.2) is 22.4 Å². The van der Waals surface area contributed by atoms with Crippen molar-refractivity contribution < 1.29 is 14.3 Å². The van der Waals surface area contributed by atoms with E-state index < -0.39 is 5.97 Å². The Morgan fingerprint density at radius 1 is 1.39 bits per heavy atom. The zero-order chi connectivity index (χ0) is 17.8. The van der Waals surface area contributed by atoms with E-state index in [-0.39, 0.29) is 39.4 Å². The smallest absolute Gasteiger partial charge is 0.347 e. The quantitative estimate of drug-likeness (QED) is 0.429. The Kier molecular flexibility index (Phi) is 5.98. The number of rotatable bonds is 5. The standard InChI is InChI=1S/C15H21ClN4O3/c1-5-15(3,4)20-11(21)6-8(2)23-14(22)9-7-10(16)13(18)19-12(9)17/h6-7H,5H2,1-4H3,(H,20,21)(H4,17,18,19)/b8-6+. The minimum absolute atomic E-state index is 0.0220. The highest BCUT2D eigenvalue weighted by Crippen LogP contribution is 2.22. The van der Waals surface area contributed by atoms with Gasteiger partial charge >= 0.3 is 5.97 Å². The zero-order valence-electron chi connectivity index (χ0n) is 13.6. The second-order valence-corrected chi connectivity index (χ2v) is 6.07. The van der Waals surface area contributed by atoms with Crippen molar-refractivity contribution in [2.45, 2.75) is 39.7 Å². The third-order valence-corrected chi connectivity index (χ3v) is 3.49. The second kappa shape index (κ2) is 7.32. The van der Waals surface area contributed by atoms with Crippen LogP contribution in [0, 0.1) is 0 Å². The molecule has 5 N–H and O–H groups in total. The Hall–Kier alpha value is -2.28. The normalized spacial score (nSPS) is 12.0. The van der Waals surface area contributed by atoms with E-state index in [1.54, 1.807) is 0 Å². The maximum Gasteiger partial charge on any atom is 0.347 e. The molecule has 0 fully saturated rings. The van der Waals surface area contributed by atoms with Gasteiger partial charge in [-0.15, -0.1) is 0 Å². The van der Waals surface area contributed by atoms with Gasteiger partial charge in [0.2, 0.25) is 5.91 Å². The molecule has 23 heavy (non-hydrogen) atoms. The highest BCUT2D eigenvalue weighted by atomic mass is 35.5. The summed E-state index contributed by atoms with van der Waals surface area (Å²) in [7, 11) is 0. The van der Waals surface area contributed by atoms with Crippen LogP contribution in [0.15, 0.2) is 17.9 Å². The maximum atomic E-state index is 12.0. The van der Waals surface area contributed by atoms with Crippen LogP contribution in [0.1, 0.15) is 44.5 Å². The SMILES string of the molecule is CCC(C)(C)NC(=O)/C=C(\C)OC(=O)c1cc(Cl)c(N)nc1N. The lowest BCUT2D eigenvalue weighted by molar-refractivity contribution is -0.118. The summed E-state index contributed by atoms with van der Waals surface area (Å²) in [5, 5.41) is 2.89. The number of hydrogen-bond acceptors (Lipinski definition) is 6. The molecule has 0 spiro atoms. The van der Waals surface area contributed by atoms with Gasteiger partial charge in [0.15, 0.2) is 0 Å². The molecule has 1 aromatic rings. The van der Waals surface area contributed by atoms with E-state index >= 15 is 0 Å². The molecule has 0 radical (unpaired) electrons. The highest BCUT2D eigenvalue weighted by Gasteiger charge is 2.18. The number of nitrogen functional groups attached to an aromatic ring is 2. The largest absolute Gasteiger partial charge is 0.427 e. The first kappa shape index (κ1) is 18.8. The third kappa shape index (κ3) is 5.45. The number of amides is 1. The molecule has 0 unspecified atom stereocenters. The lowest BCUT2D eigenvalue weighted by atomic mass is 10.0. The number of nitrogens with two attached hydrogens (primary N) is 2. The second-order valence-electron chi connectivity index (χ2n) is 5.66. The number of nitrogens with zero attached hydrogens (tertiary/aromatic N) is 1.